The molecule has 0 rings (SSSR count). The lowest BCUT2D eigenvalue weighted by Crippen LogP contribution is -2.13. The molecule has 0 aromatic heterocycles. The van der Waals surface area contributed by atoms with Crippen LogP contribution in [0.1, 0.15) is 149 Å². The molecule has 0 aliphatic rings. The van der Waals surface area contributed by atoms with Crippen LogP contribution in [0, 0.1) is 5.92 Å². The molecule has 0 saturated heterocycles. The third-order valence-corrected chi connectivity index (χ3v) is 6.59. The third kappa shape index (κ3) is 28.2. The van der Waals surface area contributed by atoms with E-state index in [9.17, 15) is 4.89 Å². The van der Waals surface area contributed by atoms with E-state index >= 15 is 0 Å². The highest BCUT2D eigenvalue weighted by Gasteiger charge is 2.06. The van der Waals surface area contributed by atoms with E-state index < -0.39 is 8.60 Å². The molecule has 0 aliphatic carbocycles. The highest BCUT2D eigenvalue weighted by Crippen LogP contribution is 2.31. The Labute approximate surface area is 196 Å². The van der Waals surface area contributed by atoms with Crippen molar-refractivity contribution in [2.45, 2.75) is 149 Å². The van der Waals surface area contributed by atoms with Crippen LogP contribution in [0.15, 0.2) is 0 Å². The zero-order chi connectivity index (χ0) is 22.8. The van der Waals surface area contributed by atoms with E-state index in [4.69, 9.17) is 9.15 Å². The Morgan fingerprint density at radius 3 is 1.58 bits per heavy atom. The van der Waals surface area contributed by atoms with Gasteiger partial charge in [-0.05, 0) is 18.8 Å². The molecule has 0 saturated carbocycles. The molecule has 0 aromatic carbocycles. The molecule has 0 fully saturated rings. The molecule has 5 heteroatoms. The summed E-state index contributed by atoms with van der Waals surface area (Å²) in [6.45, 7) is 8.16. The van der Waals surface area contributed by atoms with Crippen molar-refractivity contribution in [3.63, 3.8) is 0 Å². The van der Waals surface area contributed by atoms with Gasteiger partial charge in [-0.15, -0.1) is 0 Å². The Bertz CT molecular complexity index is 332. The van der Waals surface area contributed by atoms with Gasteiger partial charge in [0.25, 0.3) is 0 Å². The molecule has 1 unspecified atom stereocenters. The van der Waals surface area contributed by atoms with Crippen LogP contribution >= 0.6 is 8.60 Å². The number of hydroxylamine groups is 1. The first-order chi connectivity index (χ1) is 15.2. The van der Waals surface area contributed by atoms with Gasteiger partial charge in [-0.1, -0.05) is 136 Å². The fraction of sp³-hybridized carbons (Fsp3) is 1.00. The van der Waals surface area contributed by atoms with Crippen molar-refractivity contribution >= 4 is 8.60 Å². The molecule has 0 spiro atoms. The van der Waals surface area contributed by atoms with Gasteiger partial charge >= 0.3 is 8.60 Å². The lowest BCUT2D eigenvalue weighted by molar-refractivity contribution is 0.133. The normalized spacial score (nSPS) is 12.7. The maximum atomic E-state index is 9.69. The van der Waals surface area contributed by atoms with E-state index in [0.29, 0.717) is 6.61 Å². The molecule has 1 atom stereocenters. The second kappa shape index (κ2) is 26.5. The summed E-state index contributed by atoms with van der Waals surface area (Å²) >= 11 is 0. The average Bonchev–Trinajstić information content (AvgIpc) is 2.75. The zero-order valence-electron chi connectivity index (χ0n) is 21.3. The summed E-state index contributed by atoms with van der Waals surface area (Å²) in [5, 5.41) is 0. The monoisotopic (exact) mass is 461 g/mol. The molecule has 0 amide bonds. The first kappa shape index (κ1) is 31.3. The predicted octanol–water partition coefficient (Wildman–Crippen LogP) is 9.22. The fourth-order valence-electron chi connectivity index (χ4n) is 3.85. The van der Waals surface area contributed by atoms with E-state index in [1.54, 1.807) is 0 Å². The lowest BCUT2D eigenvalue weighted by Gasteiger charge is -2.11. The van der Waals surface area contributed by atoms with E-state index in [2.05, 4.69) is 26.3 Å². The quantitative estimate of drug-likeness (QED) is 0.0765. The Morgan fingerprint density at radius 1 is 0.645 bits per heavy atom. The van der Waals surface area contributed by atoms with Gasteiger partial charge < -0.3 is 9.42 Å². The van der Waals surface area contributed by atoms with Crippen LogP contribution in [0.3, 0.4) is 0 Å². The van der Waals surface area contributed by atoms with Crippen molar-refractivity contribution in [3.05, 3.63) is 0 Å². The Kier molecular flexibility index (Phi) is 26.8. The van der Waals surface area contributed by atoms with Crippen LogP contribution in [0.5, 0.6) is 0 Å². The second-order valence-corrected chi connectivity index (χ2v) is 10.5. The van der Waals surface area contributed by atoms with Crippen molar-refractivity contribution in [1.82, 2.24) is 5.48 Å². The SMILES string of the molecule is CCCCCCCCCCCCCCCCCCNOP(O)OCCCCCC(C)C. The van der Waals surface area contributed by atoms with Crippen LogP contribution in [0.2, 0.25) is 0 Å². The topological polar surface area (TPSA) is 50.7 Å². The van der Waals surface area contributed by atoms with Gasteiger partial charge in [-0.25, -0.2) is 4.62 Å². The van der Waals surface area contributed by atoms with E-state index in [-0.39, 0.29) is 0 Å². The van der Waals surface area contributed by atoms with Gasteiger partial charge in [0.15, 0.2) is 0 Å². The highest BCUT2D eigenvalue weighted by atomic mass is 31.2. The summed E-state index contributed by atoms with van der Waals surface area (Å²) in [7, 11) is -1.77. The fourth-order valence-corrected chi connectivity index (χ4v) is 4.39. The molecular weight excluding hydrogens is 405 g/mol. The molecule has 0 aliphatic heterocycles. The van der Waals surface area contributed by atoms with Crippen LogP contribution in [0.25, 0.3) is 0 Å². The molecule has 0 radical (unpaired) electrons. The van der Waals surface area contributed by atoms with Gasteiger partial charge in [0.2, 0.25) is 0 Å². The number of hydrogen-bond acceptors (Lipinski definition) is 4. The van der Waals surface area contributed by atoms with Crippen molar-refractivity contribution in [1.29, 1.82) is 0 Å². The summed E-state index contributed by atoms with van der Waals surface area (Å²) in [5.74, 6) is 0.771. The van der Waals surface area contributed by atoms with E-state index in [1.165, 1.54) is 109 Å². The molecule has 188 valence electrons. The van der Waals surface area contributed by atoms with Crippen LogP contribution in [-0.4, -0.2) is 18.0 Å². The number of hydrogen-bond donors (Lipinski definition) is 2. The first-order valence-corrected chi connectivity index (χ1v) is 14.8. The minimum absolute atomic E-state index is 0.584. The van der Waals surface area contributed by atoms with E-state index in [1.807, 2.05) is 0 Å². The van der Waals surface area contributed by atoms with Gasteiger partial charge in [-0.3, -0.25) is 0 Å². The number of unbranched alkanes of at least 4 members (excludes halogenated alkanes) is 17. The lowest BCUT2D eigenvalue weighted by atomic mass is 10.0. The zero-order valence-corrected chi connectivity index (χ0v) is 22.2. The van der Waals surface area contributed by atoms with Gasteiger partial charge in [0.05, 0.1) is 6.61 Å². The largest absolute Gasteiger partial charge is 0.347 e. The van der Waals surface area contributed by atoms with Crippen molar-refractivity contribution < 1.29 is 14.0 Å². The van der Waals surface area contributed by atoms with Gasteiger partial charge in [-0.2, -0.15) is 5.48 Å². The minimum atomic E-state index is -1.77. The minimum Gasteiger partial charge on any atom is -0.327 e. The van der Waals surface area contributed by atoms with E-state index in [0.717, 1.165) is 31.7 Å². The maximum Gasteiger partial charge on any atom is 0.347 e. The summed E-state index contributed by atoms with van der Waals surface area (Å²) in [6.07, 6.45) is 26.7. The number of nitrogens with one attached hydrogen (secondary N) is 1. The molecule has 0 aromatic rings. The Balaban J connectivity index is 3.11. The molecule has 31 heavy (non-hydrogen) atoms. The van der Waals surface area contributed by atoms with Gasteiger partial charge in [0.1, 0.15) is 0 Å². The molecular formula is C26H56NO3P. The Morgan fingerprint density at radius 2 is 1.10 bits per heavy atom. The Hall–Kier alpha value is 0.270. The summed E-state index contributed by atoms with van der Waals surface area (Å²) < 4.78 is 10.5. The molecule has 4 nitrogen and oxygen atoms in total. The first-order valence-electron chi connectivity index (χ1n) is 13.7. The second-order valence-electron chi connectivity index (χ2n) is 9.60. The van der Waals surface area contributed by atoms with Crippen LogP contribution < -0.4 is 5.48 Å². The summed E-state index contributed by atoms with van der Waals surface area (Å²) in [5.41, 5.74) is 2.86. The average molecular weight is 462 g/mol. The summed E-state index contributed by atoms with van der Waals surface area (Å²) in [6, 6.07) is 0. The molecule has 0 heterocycles. The summed E-state index contributed by atoms with van der Waals surface area (Å²) in [4.78, 5) is 9.69. The van der Waals surface area contributed by atoms with Crippen molar-refractivity contribution in [2.75, 3.05) is 13.2 Å². The van der Waals surface area contributed by atoms with Crippen LogP contribution in [-0.2, 0) is 9.15 Å². The number of rotatable bonds is 26. The third-order valence-electron chi connectivity index (χ3n) is 5.90. The van der Waals surface area contributed by atoms with Gasteiger partial charge in [0, 0.05) is 6.54 Å². The van der Waals surface area contributed by atoms with Crippen LogP contribution in [0.4, 0.5) is 0 Å². The standard InChI is InChI=1S/C26H56NO3P/c1-4-5-6-7-8-9-10-11-12-13-14-15-16-17-18-21-24-27-30-31(28)29-25-22-19-20-23-26(2)3/h26-28H,4-25H2,1-3H3. The maximum absolute atomic E-state index is 9.69. The van der Waals surface area contributed by atoms with Crippen molar-refractivity contribution in [3.8, 4) is 0 Å². The van der Waals surface area contributed by atoms with Crippen molar-refractivity contribution in [2.24, 2.45) is 5.92 Å². The predicted molar refractivity (Wildman–Crippen MR) is 137 cm³/mol. The molecule has 0 bridgehead atoms. The smallest absolute Gasteiger partial charge is 0.327 e. The molecule has 2 N–H and O–H groups in total. The highest BCUT2D eigenvalue weighted by molar-refractivity contribution is 7.40.